The summed E-state index contributed by atoms with van der Waals surface area (Å²) in [7, 11) is 1.63. The van der Waals surface area contributed by atoms with Crippen LogP contribution in [-0.4, -0.2) is 36.4 Å². The van der Waals surface area contributed by atoms with Gasteiger partial charge in [0.25, 0.3) is 0 Å². The summed E-state index contributed by atoms with van der Waals surface area (Å²) in [6.07, 6.45) is 4.29. The summed E-state index contributed by atoms with van der Waals surface area (Å²) in [5.74, 6) is 0.663. The van der Waals surface area contributed by atoms with Crippen LogP contribution < -0.4 is 10.1 Å². The van der Waals surface area contributed by atoms with Crippen LogP contribution in [0, 0.1) is 0 Å². The smallest absolute Gasteiger partial charge is 0.247 e. The number of ether oxygens (including phenoxy) is 1. The molecule has 2 amide bonds. The minimum absolute atomic E-state index is 0.0148. The van der Waals surface area contributed by atoms with Crippen molar-refractivity contribution < 1.29 is 14.3 Å². The van der Waals surface area contributed by atoms with Gasteiger partial charge < -0.3 is 15.0 Å². The molecule has 0 spiro atoms. The van der Waals surface area contributed by atoms with E-state index in [2.05, 4.69) is 11.9 Å². The fourth-order valence-electron chi connectivity index (χ4n) is 3.54. The lowest BCUT2D eigenvalue weighted by Gasteiger charge is -2.24. The Labute approximate surface area is 166 Å². The Morgan fingerprint density at radius 2 is 1.96 bits per heavy atom. The molecule has 146 valence electrons. The Bertz CT molecular complexity index is 845. The van der Waals surface area contributed by atoms with Gasteiger partial charge in [-0.1, -0.05) is 36.4 Å². The largest absolute Gasteiger partial charge is 0.497 e. The van der Waals surface area contributed by atoms with Crippen LogP contribution in [0.1, 0.15) is 25.7 Å². The molecule has 1 aliphatic heterocycles. The fourth-order valence-corrected chi connectivity index (χ4v) is 3.54. The molecule has 0 saturated carbocycles. The number of methoxy groups -OCH3 is 1. The zero-order valence-electron chi connectivity index (χ0n) is 16.2. The molecule has 0 aliphatic carbocycles. The van der Waals surface area contributed by atoms with Crippen LogP contribution in [0.3, 0.4) is 0 Å². The number of hydrogen-bond donors (Lipinski definition) is 1. The van der Waals surface area contributed by atoms with E-state index in [1.165, 1.54) is 0 Å². The zero-order valence-corrected chi connectivity index (χ0v) is 16.2. The molecule has 2 aromatic rings. The predicted octanol–water partition coefficient (Wildman–Crippen LogP) is 4.26. The first-order chi connectivity index (χ1) is 13.6. The van der Waals surface area contributed by atoms with Gasteiger partial charge in [-0.2, -0.15) is 0 Å². The molecule has 1 aliphatic rings. The van der Waals surface area contributed by atoms with Crippen molar-refractivity contribution in [2.75, 3.05) is 19.0 Å². The van der Waals surface area contributed by atoms with Gasteiger partial charge >= 0.3 is 0 Å². The lowest BCUT2D eigenvalue weighted by Crippen LogP contribution is -2.43. The number of allylic oxidation sites excluding steroid dienone is 1. The second kappa shape index (κ2) is 9.22. The van der Waals surface area contributed by atoms with E-state index in [1.54, 1.807) is 18.1 Å². The SMILES string of the molecule is C=CCCC(=O)N1CCCC1C(=O)Nc1ccccc1-c1ccc(OC)cc1. The van der Waals surface area contributed by atoms with E-state index in [4.69, 9.17) is 4.74 Å². The highest BCUT2D eigenvalue weighted by Crippen LogP contribution is 2.30. The van der Waals surface area contributed by atoms with E-state index in [1.807, 2.05) is 48.5 Å². The van der Waals surface area contributed by atoms with Gasteiger partial charge in [-0.15, -0.1) is 6.58 Å². The van der Waals surface area contributed by atoms with Gasteiger partial charge in [-0.05, 0) is 43.0 Å². The highest BCUT2D eigenvalue weighted by atomic mass is 16.5. The van der Waals surface area contributed by atoms with Gasteiger partial charge in [0.05, 0.1) is 7.11 Å². The molecule has 3 rings (SSSR count). The normalized spacial score (nSPS) is 15.9. The third-order valence-corrected chi connectivity index (χ3v) is 5.02. The van der Waals surface area contributed by atoms with Crippen molar-refractivity contribution in [3.8, 4) is 16.9 Å². The van der Waals surface area contributed by atoms with Crippen LogP contribution in [-0.2, 0) is 9.59 Å². The molecule has 5 heteroatoms. The lowest BCUT2D eigenvalue weighted by atomic mass is 10.0. The molecule has 28 heavy (non-hydrogen) atoms. The van der Waals surface area contributed by atoms with Crippen molar-refractivity contribution in [2.24, 2.45) is 0 Å². The number of likely N-dealkylation sites (tertiary alicyclic amines) is 1. The van der Waals surface area contributed by atoms with Crippen molar-refractivity contribution in [1.82, 2.24) is 4.90 Å². The monoisotopic (exact) mass is 378 g/mol. The number of benzene rings is 2. The molecular weight excluding hydrogens is 352 g/mol. The Morgan fingerprint density at radius 1 is 1.21 bits per heavy atom. The zero-order chi connectivity index (χ0) is 19.9. The maximum absolute atomic E-state index is 12.9. The molecule has 0 bridgehead atoms. The van der Waals surface area contributed by atoms with Crippen molar-refractivity contribution in [3.05, 3.63) is 61.2 Å². The fraction of sp³-hybridized carbons (Fsp3) is 0.304. The lowest BCUT2D eigenvalue weighted by molar-refractivity contribution is -0.136. The number of anilines is 1. The van der Waals surface area contributed by atoms with E-state index < -0.39 is 6.04 Å². The summed E-state index contributed by atoms with van der Waals surface area (Å²) in [5, 5.41) is 3.04. The number of rotatable bonds is 7. The number of amides is 2. The molecule has 1 fully saturated rings. The van der Waals surface area contributed by atoms with Gasteiger partial charge in [0.1, 0.15) is 11.8 Å². The molecule has 1 atom stereocenters. The van der Waals surface area contributed by atoms with Crippen molar-refractivity contribution >= 4 is 17.5 Å². The number of hydrogen-bond acceptors (Lipinski definition) is 3. The second-order valence-electron chi connectivity index (χ2n) is 6.84. The summed E-state index contributed by atoms with van der Waals surface area (Å²) >= 11 is 0. The van der Waals surface area contributed by atoms with E-state index in [9.17, 15) is 9.59 Å². The van der Waals surface area contributed by atoms with E-state index in [-0.39, 0.29) is 11.8 Å². The number of nitrogens with one attached hydrogen (secondary N) is 1. The van der Waals surface area contributed by atoms with E-state index in [0.29, 0.717) is 25.8 Å². The number of para-hydroxylation sites is 1. The first-order valence-corrected chi connectivity index (χ1v) is 9.58. The third-order valence-electron chi connectivity index (χ3n) is 5.02. The Balaban J connectivity index is 1.77. The second-order valence-corrected chi connectivity index (χ2v) is 6.84. The van der Waals surface area contributed by atoms with Gasteiger partial charge in [0.2, 0.25) is 11.8 Å². The summed E-state index contributed by atoms with van der Waals surface area (Å²) in [5.41, 5.74) is 2.66. The summed E-state index contributed by atoms with van der Waals surface area (Å²) in [4.78, 5) is 27.1. The number of carbonyl (C=O) groups excluding carboxylic acids is 2. The summed E-state index contributed by atoms with van der Waals surface area (Å²) < 4.78 is 5.22. The first kappa shape index (κ1) is 19.7. The minimum Gasteiger partial charge on any atom is -0.497 e. The Hall–Kier alpha value is -3.08. The topological polar surface area (TPSA) is 58.6 Å². The van der Waals surface area contributed by atoms with Gasteiger partial charge in [-0.3, -0.25) is 9.59 Å². The highest BCUT2D eigenvalue weighted by Gasteiger charge is 2.33. The molecule has 1 N–H and O–H groups in total. The number of carbonyl (C=O) groups is 2. The van der Waals surface area contributed by atoms with Crippen molar-refractivity contribution in [3.63, 3.8) is 0 Å². The van der Waals surface area contributed by atoms with Crippen LogP contribution in [0.2, 0.25) is 0 Å². The van der Waals surface area contributed by atoms with Crippen LogP contribution >= 0.6 is 0 Å². The van der Waals surface area contributed by atoms with Crippen LogP contribution in [0.25, 0.3) is 11.1 Å². The van der Waals surface area contributed by atoms with Gasteiger partial charge in [0, 0.05) is 24.2 Å². The van der Waals surface area contributed by atoms with Crippen molar-refractivity contribution in [1.29, 1.82) is 0 Å². The molecule has 1 saturated heterocycles. The van der Waals surface area contributed by atoms with Gasteiger partial charge in [-0.25, -0.2) is 0 Å². The predicted molar refractivity (Wildman–Crippen MR) is 111 cm³/mol. The molecule has 1 unspecified atom stereocenters. The maximum atomic E-state index is 12.9. The Morgan fingerprint density at radius 3 is 2.68 bits per heavy atom. The quantitative estimate of drug-likeness (QED) is 0.733. The summed E-state index contributed by atoms with van der Waals surface area (Å²) in [6, 6.07) is 15.0. The molecule has 1 heterocycles. The maximum Gasteiger partial charge on any atom is 0.247 e. The molecular formula is C23H26N2O3. The van der Waals surface area contributed by atoms with E-state index >= 15 is 0 Å². The molecule has 5 nitrogen and oxygen atoms in total. The van der Waals surface area contributed by atoms with E-state index in [0.717, 1.165) is 29.0 Å². The average Bonchev–Trinajstić information content (AvgIpc) is 3.23. The Kier molecular flexibility index (Phi) is 6.48. The van der Waals surface area contributed by atoms with Crippen molar-refractivity contribution in [2.45, 2.75) is 31.7 Å². The number of nitrogens with zero attached hydrogens (tertiary/aromatic N) is 1. The van der Waals surface area contributed by atoms with Crippen LogP contribution in [0.4, 0.5) is 5.69 Å². The summed E-state index contributed by atoms with van der Waals surface area (Å²) in [6.45, 7) is 4.29. The van der Waals surface area contributed by atoms with Crippen LogP contribution in [0.15, 0.2) is 61.2 Å². The highest BCUT2D eigenvalue weighted by molar-refractivity contribution is 6.00. The minimum atomic E-state index is -0.416. The molecule has 0 aromatic heterocycles. The molecule has 0 radical (unpaired) electrons. The van der Waals surface area contributed by atoms with Crippen LogP contribution in [0.5, 0.6) is 5.75 Å². The molecule has 2 aromatic carbocycles. The standard InChI is InChI=1S/C23H26N2O3/c1-3-4-11-22(26)25-16-7-10-21(25)23(27)24-20-9-6-5-8-19(20)17-12-14-18(28-2)15-13-17/h3,5-6,8-9,12-15,21H,1,4,7,10-11,16H2,2H3,(H,24,27). The first-order valence-electron chi connectivity index (χ1n) is 9.58. The van der Waals surface area contributed by atoms with Gasteiger partial charge in [0.15, 0.2) is 0 Å². The third kappa shape index (κ3) is 4.42. The average molecular weight is 378 g/mol.